The van der Waals surface area contributed by atoms with Crippen LogP contribution in [0, 0.1) is 0 Å². The Kier molecular flexibility index (Phi) is 5.09. The Morgan fingerprint density at radius 3 is 2.55 bits per heavy atom. The molecule has 0 radical (unpaired) electrons. The van der Waals surface area contributed by atoms with Crippen LogP contribution < -0.4 is 0 Å². The van der Waals surface area contributed by atoms with Crippen molar-refractivity contribution in [1.29, 1.82) is 0 Å². The third kappa shape index (κ3) is 3.55. The summed E-state index contributed by atoms with van der Waals surface area (Å²) in [6.07, 6.45) is 7.74. The predicted molar refractivity (Wildman–Crippen MR) is 80.1 cm³/mol. The Bertz CT molecular complexity index is 552. The van der Waals surface area contributed by atoms with E-state index in [1.54, 1.807) is 18.3 Å². The number of nitrogens with zero attached hydrogens (tertiary/aromatic N) is 2. The van der Waals surface area contributed by atoms with Gasteiger partial charge in [-0.3, -0.25) is 0 Å². The summed E-state index contributed by atoms with van der Waals surface area (Å²) in [5.74, 6) is 0.392. The lowest BCUT2D eigenvalue weighted by atomic mass is 9.93. The fraction of sp³-hybridized carbons (Fsp3) is 0.400. The number of benzene rings is 1. The van der Waals surface area contributed by atoms with Crippen LogP contribution in [0.1, 0.15) is 44.2 Å². The topological polar surface area (TPSA) is 55.1 Å². The van der Waals surface area contributed by atoms with Crippen molar-refractivity contribution in [3.8, 4) is 0 Å². The number of aromatic nitrogens is 2. The lowest BCUT2D eigenvalue weighted by Gasteiger charge is -2.21. The molecular weight excluding hydrogens is 272 g/mol. The molecule has 0 aliphatic carbocycles. The van der Waals surface area contributed by atoms with E-state index < -0.39 is 11.1 Å². The number of imidazole rings is 1. The fourth-order valence-corrected chi connectivity index (χ4v) is 2.81. The summed E-state index contributed by atoms with van der Waals surface area (Å²) in [6, 6.07) is 7.75. The Morgan fingerprint density at radius 2 is 2.05 bits per heavy atom. The predicted octanol–water partition coefficient (Wildman–Crippen LogP) is 3.61. The molecule has 0 spiro atoms. The molecule has 4 nitrogen and oxygen atoms in total. The maximum Gasteiger partial charge on any atom is 0.186 e. The number of hydrogen-bond acceptors (Lipinski definition) is 2. The summed E-state index contributed by atoms with van der Waals surface area (Å²) in [6.45, 7) is 4.36. The smallest absolute Gasteiger partial charge is 0.186 e. The van der Waals surface area contributed by atoms with Crippen molar-refractivity contribution < 1.29 is 8.76 Å². The van der Waals surface area contributed by atoms with E-state index in [9.17, 15) is 4.21 Å². The van der Waals surface area contributed by atoms with Gasteiger partial charge in [-0.15, -0.1) is 0 Å². The quantitative estimate of drug-likeness (QED) is 0.827. The summed E-state index contributed by atoms with van der Waals surface area (Å²) < 4.78 is 22.1. The van der Waals surface area contributed by atoms with Gasteiger partial charge >= 0.3 is 0 Å². The largest absolute Gasteiger partial charge is 0.334 e. The molecule has 0 saturated heterocycles. The van der Waals surface area contributed by atoms with Gasteiger partial charge in [0, 0.05) is 18.4 Å². The van der Waals surface area contributed by atoms with Crippen molar-refractivity contribution in [3.05, 3.63) is 48.5 Å². The van der Waals surface area contributed by atoms with Gasteiger partial charge in [-0.2, -0.15) is 0 Å². The van der Waals surface area contributed by atoms with Crippen LogP contribution in [0.2, 0.25) is 0 Å². The van der Waals surface area contributed by atoms with Crippen LogP contribution >= 0.6 is 0 Å². The molecule has 0 aliphatic heterocycles. The average molecular weight is 292 g/mol. The number of hydrogen-bond donors (Lipinski definition) is 1. The molecule has 0 fully saturated rings. The first-order valence-corrected chi connectivity index (χ1v) is 7.90. The molecule has 0 aliphatic rings. The molecule has 0 bridgehead atoms. The van der Waals surface area contributed by atoms with Gasteiger partial charge in [-0.05, 0) is 36.5 Å². The highest BCUT2D eigenvalue weighted by atomic mass is 32.2. The van der Waals surface area contributed by atoms with Crippen LogP contribution in [-0.2, 0) is 11.1 Å². The van der Waals surface area contributed by atoms with Crippen LogP contribution in [0.15, 0.2) is 47.9 Å². The molecule has 0 amide bonds. The van der Waals surface area contributed by atoms with Crippen molar-refractivity contribution in [3.63, 3.8) is 0 Å². The van der Waals surface area contributed by atoms with Gasteiger partial charge in [0.2, 0.25) is 0 Å². The minimum Gasteiger partial charge on any atom is -0.334 e. The van der Waals surface area contributed by atoms with Crippen LogP contribution in [0.3, 0.4) is 0 Å². The lowest BCUT2D eigenvalue weighted by molar-refractivity contribution is 0.421. The second-order valence-electron chi connectivity index (χ2n) is 5.03. The molecule has 108 valence electrons. The normalized spacial score (nSPS) is 15.8. The van der Waals surface area contributed by atoms with Gasteiger partial charge in [-0.1, -0.05) is 26.0 Å². The molecule has 1 N–H and O–H groups in total. The molecule has 5 heteroatoms. The van der Waals surface area contributed by atoms with E-state index in [1.807, 2.05) is 24.7 Å². The van der Waals surface area contributed by atoms with Crippen LogP contribution in [0.4, 0.5) is 0 Å². The van der Waals surface area contributed by atoms with Crippen molar-refractivity contribution in [1.82, 2.24) is 9.55 Å². The maximum absolute atomic E-state index is 11.0. The molecule has 2 aromatic rings. The highest BCUT2D eigenvalue weighted by molar-refractivity contribution is 7.79. The summed E-state index contributed by atoms with van der Waals surface area (Å²) in [5, 5.41) is 0. The van der Waals surface area contributed by atoms with Crippen LogP contribution in [0.5, 0.6) is 0 Å². The molecular formula is C15H20N2O2S. The number of rotatable bonds is 6. The second kappa shape index (κ2) is 6.81. The van der Waals surface area contributed by atoms with E-state index in [2.05, 4.69) is 23.4 Å². The molecule has 1 aromatic heterocycles. The van der Waals surface area contributed by atoms with Gasteiger partial charge in [0.05, 0.1) is 11.2 Å². The van der Waals surface area contributed by atoms with Gasteiger partial charge in [0.1, 0.15) is 0 Å². The van der Waals surface area contributed by atoms with E-state index in [4.69, 9.17) is 4.55 Å². The van der Waals surface area contributed by atoms with Crippen LogP contribution in [0.25, 0.3) is 0 Å². The fourth-order valence-electron chi connectivity index (χ4n) is 2.44. The minimum atomic E-state index is -1.90. The maximum atomic E-state index is 11.0. The van der Waals surface area contributed by atoms with Crippen molar-refractivity contribution in [2.24, 2.45) is 0 Å². The highest BCUT2D eigenvalue weighted by Gasteiger charge is 2.14. The van der Waals surface area contributed by atoms with Gasteiger partial charge in [-0.25, -0.2) is 9.19 Å². The monoisotopic (exact) mass is 292 g/mol. The summed E-state index contributed by atoms with van der Waals surface area (Å²) >= 11 is -1.90. The Morgan fingerprint density at radius 1 is 1.35 bits per heavy atom. The SMILES string of the molecule is CCC(CC(C)c1ccc(S(=O)O)cc1)n1ccnc1. The molecule has 1 heterocycles. The Labute approximate surface area is 122 Å². The van der Waals surface area contributed by atoms with E-state index in [1.165, 1.54) is 5.56 Å². The van der Waals surface area contributed by atoms with E-state index in [0.717, 1.165) is 12.8 Å². The van der Waals surface area contributed by atoms with Crippen molar-refractivity contribution >= 4 is 11.1 Å². The molecule has 20 heavy (non-hydrogen) atoms. The molecule has 3 unspecified atom stereocenters. The zero-order valence-corrected chi connectivity index (χ0v) is 12.6. The third-order valence-electron chi connectivity index (χ3n) is 3.69. The summed E-state index contributed by atoms with van der Waals surface area (Å²) in [4.78, 5) is 4.55. The first-order valence-electron chi connectivity index (χ1n) is 6.80. The summed E-state index contributed by atoms with van der Waals surface area (Å²) in [7, 11) is 0. The first kappa shape index (κ1) is 14.9. The minimum absolute atomic E-state index is 0.392. The Balaban J connectivity index is 2.07. The molecule has 0 saturated carbocycles. The van der Waals surface area contributed by atoms with Gasteiger partial charge in [0.15, 0.2) is 11.1 Å². The van der Waals surface area contributed by atoms with Gasteiger partial charge in [0.25, 0.3) is 0 Å². The van der Waals surface area contributed by atoms with Crippen molar-refractivity contribution in [2.75, 3.05) is 0 Å². The third-order valence-corrected chi connectivity index (χ3v) is 4.37. The summed E-state index contributed by atoms with van der Waals surface area (Å²) in [5.41, 5.74) is 1.19. The Hall–Kier alpha value is -1.46. The first-order chi connectivity index (χ1) is 9.61. The van der Waals surface area contributed by atoms with Gasteiger partial charge < -0.3 is 9.12 Å². The lowest BCUT2D eigenvalue weighted by Crippen LogP contribution is -2.09. The van der Waals surface area contributed by atoms with Crippen LogP contribution in [-0.4, -0.2) is 18.3 Å². The molecule has 1 aromatic carbocycles. The van der Waals surface area contributed by atoms with E-state index >= 15 is 0 Å². The average Bonchev–Trinajstić information content (AvgIpc) is 2.98. The van der Waals surface area contributed by atoms with E-state index in [-0.39, 0.29) is 0 Å². The van der Waals surface area contributed by atoms with Crippen molar-refractivity contribution in [2.45, 2.75) is 43.5 Å². The molecule has 2 rings (SSSR count). The highest BCUT2D eigenvalue weighted by Crippen LogP contribution is 2.28. The van der Waals surface area contributed by atoms with E-state index in [0.29, 0.717) is 16.9 Å². The zero-order chi connectivity index (χ0) is 14.5. The second-order valence-corrected chi connectivity index (χ2v) is 6.00. The molecule has 3 atom stereocenters. The standard InChI is InChI=1S/C15H20N2O2S/c1-3-14(17-9-8-16-11-17)10-12(2)13-4-6-15(7-5-13)20(18)19/h4-9,11-12,14H,3,10H2,1-2H3,(H,18,19). The zero-order valence-electron chi connectivity index (χ0n) is 11.8.